The predicted octanol–water partition coefficient (Wildman–Crippen LogP) is 3.20. The Balaban J connectivity index is 1.67. The number of hydrogen-bond acceptors (Lipinski definition) is 15. The lowest BCUT2D eigenvalue weighted by molar-refractivity contribution is -0.645. The van der Waals surface area contributed by atoms with Crippen LogP contribution in [0.3, 0.4) is 0 Å². The second-order valence-corrected chi connectivity index (χ2v) is 18.1. The van der Waals surface area contributed by atoms with Crippen molar-refractivity contribution in [1.82, 2.24) is 4.73 Å². The molecule has 3 aromatic carbocycles. The van der Waals surface area contributed by atoms with Gasteiger partial charge < -0.3 is 34.0 Å². The molecule has 0 spiro atoms. The second-order valence-electron chi connectivity index (χ2n) is 13.4. The summed E-state index contributed by atoms with van der Waals surface area (Å²) in [5, 5.41) is 20.1. The van der Waals surface area contributed by atoms with Crippen molar-refractivity contribution in [2.75, 3.05) is 37.6 Å². The van der Waals surface area contributed by atoms with Gasteiger partial charge in [0.05, 0.1) is 59.5 Å². The molecule has 0 fully saturated rings. The van der Waals surface area contributed by atoms with Crippen molar-refractivity contribution in [3.8, 4) is 34.8 Å². The molecular formula is C37H41N2O18S3+. The van der Waals surface area contributed by atoms with Gasteiger partial charge >= 0.3 is 11.9 Å². The smallest absolute Gasteiger partial charge is 0.363 e. The molecule has 0 unspecified atom stereocenters. The molecule has 2 aromatic heterocycles. The van der Waals surface area contributed by atoms with Crippen molar-refractivity contribution in [2.45, 2.75) is 39.7 Å². The quantitative estimate of drug-likeness (QED) is 0.0199. The monoisotopic (exact) mass is 897 g/mol. The molecule has 0 aliphatic carbocycles. The van der Waals surface area contributed by atoms with Crippen molar-refractivity contribution in [3.05, 3.63) is 76.9 Å². The summed E-state index contributed by atoms with van der Waals surface area (Å²) in [6.45, 7) is 2.66. The lowest BCUT2D eigenvalue weighted by Gasteiger charge is -2.17. The first-order valence-electron chi connectivity index (χ1n) is 17.8. The minimum atomic E-state index is -4.40. The number of fused-ring (bicyclic) bond motifs is 2. The van der Waals surface area contributed by atoms with E-state index in [9.17, 15) is 54.2 Å². The fraction of sp³-hybridized carbons (Fsp3) is 0.324. The maximum atomic E-state index is 14.7. The van der Waals surface area contributed by atoms with Crippen molar-refractivity contribution in [1.29, 1.82) is 0 Å². The lowest BCUT2D eigenvalue weighted by Crippen LogP contribution is -2.38. The summed E-state index contributed by atoms with van der Waals surface area (Å²) in [6, 6.07) is 12.3. The van der Waals surface area contributed by atoms with Crippen LogP contribution in [0.25, 0.3) is 21.8 Å². The number of hydrogen-bond donors (Lipinski definition) is 5. The van der Waals surface area contributed by atoms with Gasteiger partial charge in [0.15, 0.2) is 12.3 Å². The van der Waals surface area contributed by atoms with Crippen LogP contribution in [0.15, 0.2) is 54.6 Å². The molecule has 0 aliphatic rings. The summed E-state index contributed by atoms with van der Waals surface area (Å²) in [7, 11) is -11.7. The Labute approximate surface area is 343 Å². The van der Waals surface area contributed by atoms with Crippen molar-refractivity contribution in [3.63, 3.8) is 0 Å². The zero-order valence-electron chi connectivity index (χ0n) is 32.2. The first kappa shape index (κ1) is 45.4. The van der Waals surface area contributed by atoms with Gasteiger partial charge in [-0.1, -0.05) is 0 Å². The third kappa shape index (κ3) is 11.5. The van der Waals surface area contributed by atoms with E-state index in [2.05, 4.69) is 0 Å². The normalized spacial score (nSPS) is 12.1. The van der Waals surface area contributed by atoms with Gasteiger partial charge in [0, 0.05) is 30.7 Å². The predicted molar refractivity (Wildman–Crippen MR) is 212 cm³/mol. The van der Waals surface area contributed by atoms with E-state index >= 15 is 0 Å². The van der Waals surface area contributed by atoms with Gasteiger partial charge in [0.2, 0.25) is 17.3 Å². The zero-order valence-corrected chi connectivity index (χ0v) is 34.7. The van der Waals surface area contributed by atoms with Crippen LogP contribution in [0.5, 0.6) is 34.8 Å². The molecule has 0 aliphatic heterocycles. The Morgan fingerprint density at radius 3 is 1.77 bits per heavy atom. The molecule has 20 nitrogen and oxygen atoms in total. The highest BCUT2D eigenvalue weighted by molar-refractivity contribution is 7.86. The number of carbonyl (C=O) groups is 2. The van der Waals surface area contributed by atoms with Gasteiger partial charge in [-0.05, 0) is 68.1 Å². The highest BCUT2D eigenvalue weighted by Crippen LogP contribution is 2.37. The van der Waals surface area contributed by atoms with Gasteiger partial charge in [-0.2, -0.15) is 29.8 Å². The highest BCUT2D eigenvalue weighted by atomic mass is 32.2. The Hall–Kier alpha value is -5.72. The summed E-state index contributed by atoms with van der Waals surface area (Å²) in [4.78, 5) is 32.8. The first-order chi connectivity index (χ1) is 28.0. The molecular weight excluding hydrogens is 857 g/mol. The minimum absolute atomic E-state index is 0.0246. The molecule has 5 aromatic rings. The van der Waals surface area contributed by atoms with Gasteiger partial charge in [-0.3, -0.25) is 13.7 Å². The number of aromatic nitrogens is 2. The molecule has 0 bridgehead atoms. The number of carbonyl (C=O) groups excluding carboxylic acids is 2. The van der Waals surface area contributed by atoms with E-state index in [-0.39, 0.29) is 101 Å². The molecule has 5 N–H and O–H groups in total. The van der Waals surface area contributed by atoms with Crippen molar-refractivity contribution >= 4 is 64.1 Å². The zero-order chi connectivity index (χ0) is 44.2. The Morgan fingerprint density at radius 1 is 0.683 bits per heavy atom. The Morgan fingerprint density at radius 2 is 1.22 bits per heavy atom. The number of methoxy groups -OCH3 is 1. The van der Waals surface area contributed by atoms with Crippen LogP contribution in [0, 0.1) is 13.8 Å². The number of ether oxygens (including phenoxy) is 4. The molecule has 5 rings (SSSR count). The van der Waals surface area contributed by atoms with E-state index < -0.39 is 71.3 Å². The third-order valence-electron chi connectivity index (χ3n) is 8.82. The van der Waals surface area contributed by atoms with Crippen LogP contribution in [-0.2, 0) is 36.9 Å². The molecule has 0 saturated heterocycles. The SMILES string of the molecule is COc1cc(OCCCS(=O)(=O)O)cc2c(C(=O)Oc3c(C)cc(C(=O)On4c(O)ccc4O)cc3C)c3cc(OCCCS(=O)(=O)O)ccc3[n+](CCCS(=O)(=O)O)c12. The highest BCUT2D eigenvalue weighted by Gasteiger charge is 2.31. The average molecular weight is 898 g/mol. The van der Waals surface area contributed by atoms with Crippen LogP contribution >= 0.6 is 0 Å². The van der Waals surface area contributed by atoms with E-state index in [1.165, 1.54) is 43.5 Å². The van der Waals surface area contributed by atoms with E-state index in [4.69, 9.17) is 28.3 Å². The summed E-state index contributed by atoms with van der Waals surface area (Å²) >= 11 is 0. The fourth-order valence-corrected chi connectivity index (χ4v) is 7.78. The average Bonchev–Trinajstić information content (AvgIpc) is 3.46. The molecule has 0 radical (unpaired) electrons. The first-order valence-corrected chi connectivity index (χ1v) is 22.7. The number of aryl methyl sites for hydroxylation is 3. The topological polar surface area (TPSA) is 293 Å². The van der Waals surface area contributed by atoms with Gasteiger partial charge in [-0.15, -0.1) is 4.73 Å². The standard InChI is InChI=1S/C37H40N2O18S3/c1-22-17-24(36(42)57-39-31(40)9-10-32(39)41)18-23(2)35(22)56-37(43)33-27-19-25(54-12-5-15-59(47,48)49)7-8-29(27)38(11-4-14-58(44,45)46)34-28(33)20-26(21-30(34)53-3)55-13-6-16-60(50,51)52/h7-10,17-21H,4-6,11-16H2,1-3H3,(H4,43,44,45,46,47,48,49,50,51,52)/p+1. The maximum absolute atomic E-state index is 14.7. The molecule has 0 atom stereocenters. The number of nitrogens with zero attached hydrogens (tertiary/aromatic N) is 2. The largest absolute Gasteiger partial charge is 0.494 e. The van der Waals surface area contributed by atoms with Crippen LogP contribution < -0.4 is 28.4 Å². The van der Waals surface area contributed by atoms with E-state index in [1.54, 1.807) is 24.5 Å². The molecule has 0 amide bonds. The number of pyridine rings is 1. The van der Waals surface area contributed by atoms with Gasteiger partial charge in [0.25, 0.3) is 35.9 Å². The summed E-state index contributed by atoms with van der Waals surface area (Å²) < 4.78 is 122. The Kier molecular flexibility index (Phi) is 13.8. The summed E-state index contributed by atoms with van der Waals surface area (Å²) in [5.74, 6) is -4.48. The summed E-state index contributed by atoms with van der Waals surface area (Å²) in [6.07, 6.45) is -0.320. The molecule has 2 heterocycles. The van der Waals surface area contributed by atoms with Crippen molar-refractivity contribution in [2.24, 2.45) is 0 Å². The van der Waals surface area contributed by atoms with Gasteiger partial charge in [0.1, 0.15) is 17.2 Å². The van der Waals surface area contributed by atoms with E-state index in [1.807, 2.05) is 0 Å². The fourth-order valence-electron chi connectivity index (χ4n) is 6.32. The number of esters is 1. The van der Waals surface area contributed by atoms with Crippen LogP contribution in [0.1, 0.15) is 51.1 Å². The molecule has 0 saturated carbocycles. The third-order valence-corrected chi connectivity index (χ3v) is 11.2. The van der Waals surface area contributed by atoms with Crippen LogP contribution in [0.2, 0.25) is 0 Å². The summed E-state index contributed by atoms with van der Waals surface area (Å²) in [5.41, 5.74) is 0.974. The van der Waals surface area contributed by atoms with Crippen LogP contribution in [-0.4, -0.2) is 103 Å². The second kappa shape index (κ2) is 18.3. The lowest BCUT2D eigenvalue weighted by atomic mass is 10.00. The molecule has 60 heavy (non-hydrogen) atoms. The molecule has 324 valence electrons. The molecule has 23 heteroatoms. The number of aromatic hydroxyl groups is 2. The van der Waals surface area contributed by atoms with E-state index in [0.717, 1.165) is 12.1 Å². The Bertz CT molecular complexity index is 2760. The van der Waals surface area contributed by atoms with E-state index in [0.29, 0.717) is 10.2 Å². The number of rotatable bonds is 19. The van der Waals surface area contributed by atoms with Crippen LogP contribution in [0.4, 0.5) is 0 Å². The maximum Gasteiger partial charge on any atom is 0.363 e. The van der Waals surface area contributed by atoms with Crippen molar-refractivity contribution < 1.29 is 87.1 Å². The minimum Gasteiger partial charge on any atom is -0.494 e. The number of benzene rings is 3. The van der Waals surface area contributed by atoms with Gasteiger partial charge in [-0.25, -0.2) is 9.59 Å².